The van der Waals surface area contributed by atoms with E-state index in [1.807, 2.05) is 24.3 Å². The van der Waals surface area contributed by atoms with Gasteiger partial charge in [0.05, 0.1) is 4.90 Å². The van der Waals surface area contributed by atoms with E-state index in [0.717, 1.165) is 35.1 Å². The van der Waals surface area contributed by atoms with Crippen LogP contribution in [-0.2, 0) is 9.84 Å². The molecule has 2 aliphatic rings. The highest BCUT2D eigenvalue weighted by molar-refractivity contribution is 7.90. The minimum atomic E-state index is -3.21. The average Bonchev–Trinajstić information content (AvgIpc) is 3.03. The summed E-state index contributed by atoms with van der Waals surface area (Å²) in [6.45, 7) is 0. The van der Waals surface area contributed by atoms with Crippen molar-refractivity contribution in [3.8, 4) is 6.07 Å². The van der Waals surface area contributed by atoms with E-state index >= 15 is 0 Å². The van der Waals surface area contributed by atoms with Gasteiger partial charge in [-0.15, -0.1) is 0 Å². The SMILES string of the molecule is CS(=O)(=O)c1ccc(C2=CC3(C=C2c2ccc(C#N)nc2)CCC3)cc1. The van der Waals surface area contributed by atoms with Crippen LogP contribution in [0.5, 0.6) is 0 Å². The zero-order chi connectivity index (χ0) is 18.4. The summed E-state index contributed by atoms with van der Waals surface area (Å²) in [6, 6.07) is 12.7. The molecule has 0 amide bonds. The molecule has 1 spiro atoms. The second kappa shape index (κ2) is 5.93. The standard InChI is InChI=1S/C21H18N2O2S/c1-26(24,25)18-7-4-15(5-8-18)19-11-21(9-2-10-21)12-20(19)16-3-6-17(13-22)23-14-16/h3-8,11-12,14H,2,9-10H2,1H3. The fraction of sp³-hybridized carbons (Fsp3) is 0.238. The van der Waals surface area contributed by atoms with Crippen molar-refractivity contribution in [1.29, 1.82) is 5.26 Å². The second-order valence-corrected chi connectivity index (χ2v) is 9.06. The lowest BCUT2D eigenvalue weighted by atomic mass is 9.70. The van der Waals surface area contributed by atoms with Crippen molar-refractivity contribution in [2.75, 3.05) is 6.26 Å². The maximum absolute atomic E-state index is 11.7. The first-order valence-corrected chi connectivity index (χ1v) is 10.4. The normalized spacial score (nSPS) is 18.0. The molecule has 4 nitrogen and oxygen atoms in total. The fourth-order valence-corrected chi connectivity index (χ4v) is 4.25. The fourth-order valence-electron chi connectivity index (χ4n) is 3.62. The molecule has 1 aromatic carbocycles. The van der Waals surface area contributed by atoms with Crippen LogP contribution in [0.25, 0.3) is 11.1 Å². The van der Waals surface area contributed by atoms with Crippen molar-refractivity contribution in [2.45, 2.75) is 24.2 Å². The zero-order valence-electron chi connectivity index (χ0n) is 14.4. The maximum Gasteiger partial charge on any atom is 0.175 e. The molecule has 0 radical (unpaired) electrons. The van der Waals surface area contributed by atoms with E-state index in [4.69, 9.17) is 5.26 Å². The van der Waals surface area contributed by atoms with E-state index in [0.29, 0.717) is 10.6 Å². The van der Waals surface area contributed by atoms with Gasteiger partial charge in [-0.05, 0) is 53.8 Å². The lowest BCUT2D eigenvalue weighted by molar-refractivity contribution is 0.282. The smallest absolute Gasteiger partial charge is 0.175 e. The van der Waals surface area contributed by atoms with Crippen LogP contribution in [-0.4, -0.2) is 19.7 Å². The molecule has 2 aromatic rings. The molecule has 130 valence electrons. The van der Waals surface area contributed by atoms with Gasteiger partial charge in [-0.2, -0.15) is 5.26 Å². The summed E-state index contributed by atoms with van der Waals surface area (Å²) in [4.78, 5) is 4.52. The van der Waals surface area contributed by atoms with Crippen LogP contribution in [0.1, 0.15) is 36.1 Å². The predicted molar refractivity (Wildman–Crippen MR) is 101 cm³/mol. The Labute approximate surface area is 153 Å². The summed E-state index contributed by atoms with van der Waals surface area (Å²) in [6.07, 6.45) is 11.0. The summed E-state index contributed by atoms with van der Waals surface area (Å²) in [5, 5.41) is 8.96. The molecule has 0 bridgehead atoms. The first-order valence-electron chi connectivity index (χ1n) is 8.53. The molecular formula is C21H18N2O2S. The Bertz CT molecular complexity index is 1070. The third kappa shape index (κ3) is 2.87. The molecular weight excluding hydrogens is 344 g/mol. The minimum absolute atomic E-state index is 0.105. The van der Waals surface area contributed by atoms with Crippen molar-refractivity contribution in [1.82, 2.24) is 4.98 Å². The van der Waals surface area contributed by atoms with Gasteiger partial charge in [0.25, 0.3) is 0 Å². The Kier molecular flexibility index (Phi) is 3.82. The number of hydrogen-bond donors (Lipinski definition) is 0. The van der Waals surface area contributed by atoms with Crippen LogP contribution in [0.3, 0.4) is 0 Å². The lowest BCUT2D eigenvalue weighted by Crippen LogP contribution is -2.22. The number of allylic oxidation sites excluding steroid dienone is 4. The molecule has 5 heteroatoms. The Balaban J connectivity index is 1.76. The average molecular weight is 362 g/mol. The highest BCUT2D eigenvalue weighted by Crippen LogP contribution is 2.53. The number of hydrogen-bond acceptors (Lipinski definition) is 4. The minimum Gasteiger partial charge on any atom is -0.245 e. The summed E-state index contributed by atoms with van der Waals surface area (Å²) in [5.74, 6) is 0. The van der Waals surface area contributed by atoms with Gasteiger partial charge in [0.1, 0.15) is 11.8 Å². The van der Waals surface area contributed by atoms with Gasteiger partial charge in [-0.1, -0.05) is 30.7 Å². The van der Waals surface area contributed by atoms with Gasteiger partial charge < -0.3 is 0 Å². The van der Waals surface area contributed by atoms with Gasteiger partial charge in [-0.25, -0.2) is 13.4 Å². The molecule has 0 saturated heterocycles. The van der Waals surface area contributed by atoms with Crippen molar-refractivity contribution in [3.05, 3.63) is 71.6 Å². The van der Waals surface area contributed by atoms with Crippen molar-refractivity contribution in [2.24, 2.45) is 5.41 Å². The quantitative estimate of drug-likeness (QED) is 0.827. The van der Waals surface area contributed by atoms with E-state index in [1.165, 1.54) is 12.7 Å². The Hall–Kier alpha value is -2.71. The van der Waals surface area contributed by atoms with Gasteiger partial charge in [-0.3, -0.25) is 0 Å². The Morgan fingerprint density at radius 2 is 1.62 bits per heavy atom. The van der Waals surface area contributed by atoms with E-state index in [9.17, 15) is 8.42 Å². The highest BCUT2D eigenvalue weighted by atomic mass is 32.2. The molecule has 2 aliphatic carbocycles. The molecule has 4 rings (SSSR count). The van der Waals surface area contributed by atoms with Gasteiger partial charge in [0.2, 0.25) is 0 Å². The number of sulfone groups is 1. The van der Waals surface area contributed by atoms with E-state index in [1.54, 1.807) is 24.4 Å². The molecule has 1 saturated carbocycles. The number of nitrogens with zero attached hydrogens (tertiary/aromatic N) is 2. The van der Waals surface area contributed by atoms with Gasteiger partial charge in [0, 0.05) is 23.4 Å². The molecule has 26 heavy (non-hydrogen) atoms. The van der Waals surface area contributed by atoms with Crippen LogP contribution >= 0.6 is 0 Å². The van der Waals surface area contributed by atoms with Crippen molar-refractivity contribution < 1.29 is 8.42 Å². The van der Waals surface area contributed by atoms with Crippen LogP contribution < -0.4 is 0 Å². The molecule has 1 heterocycles. The summed E-state index contributed by atoms with van der Waals surface area (Å²) >= 11 is 0. The molecule has 0 atom stereocenters. The first kappa shape index (κ1) is 16.7. The number of benzene rings is 1. The zero-order valence-corrected chi connectivity index (χ0v) is 15.3. The van der Waals surface area contributed by atoms with Crippen LogP contribution in [0.15, 0.2) is 59.6 Å². The molecule has 1 aromatic heterocycles. The third-order valence-electron chi connectivity index (χ3n) is 5.22. The maximum atomic E-state index is 11.7. The van der Waals surface area contributed by atoms with Crippen LogP contribution in [0.4, 0.5) is 0 Å². The van der Waals surface area contributed by atoms with Gasteiger partial charge >= 0.3 is 0 Å². The molecule has 0 N–H and O–H groups in total. The van der Waals surface area contributed by atoms with Crippen molar-refractivity contribution >= 4 is 21.0 Å². The van der Waals surface area contributed by atoms with Crippen LogP contribution in [0.2, 0.25) is 0 Å². The lowest BCUT2D eigenvalue weighted by Gasteiger charge is -2.34. The number of aromatic nitrogens is 1. The summed E-state index contributed by atoms with van der Waals surface area (Å²) in [7, 11) is -3.21. The largest absolute Gasteiger partial charge is 0.245 e. The highest BCUT2D eigenvalue weighted by Gasteiger charge is 2.38. The third-order valence-corrected chi connectivity index (χ3v) is 6.35. The van der Waals surface area contributed by atoms with Crippen molar-refractivity contribution in [3.63, 3.8) is 0 Å². The number of rotatable bonds is 3. The van der Waals surface area contributed by atoms with Gasteiger partial charge in [0.15, 0.2) is 9.84 Å². The topological polar surface area (TPSA) is 70.8 Å². The van der Waals surface area contributed by atoms with E-state index in [-0.39, 0.29) is 5.41 Å². The number of pyridine rings is 1. The molecule has 0 aliphatic heterocycles. The Morgan fingerprint density at radius 3 is 2.08 bits per heavy atom. The van der Waals surface area contributed by atoms with E-state index in [2.05, 4.69) is 17.1 Å². The second-order valence-electron chi connectivity index (χ2n) is 7.04. The van der Waals surface area contributed by atoms with Crippen LogP contribution in [0, 0.1) is 16.7 Å². The molecule has 0 unspecified atom stereocenters. The number of nitriles is 1. The summed E-state index contributed by atoms with van der Waals surface area (Å²) < 4.78 is 23.4. The first-order chi connectivity index (χ1) is 12.4. The predicted octanol–water partition coefficient (Wildman–Crippen LogP) is 4.01. The monoisotopic (exact) mass is 362 g/mol. The molecule has 1 fully saturated rings. The Morgan fingerprint density at radius 1 is 1.00 bits per heavy atom. The van der Waals surface area contributed by atoms with E-state index < -0.39 is 9.84 Å². The summed E-state index contributed by atoms with van der Waals surface area (Å²) in [5.41, 5.74) is 4.69.